The van der Waals surface area contributed by atoms with Crippen LogP contribution in [-0.2, 0) is 9.63 Å². The molecule has 1 aromatic rings. The lowest BCUT2D eigenvalue weighted by Gasteiger charge is -2.14. The molecular weight excluding hydrogens is 206 g/mol. The van der Waals surface area contributed by atoms with E-state index in [2.05, 4.69) is 0 Å². The largest absolute Gasteiger partial charge is 0.484 e. The summed E-state index contributed by atoms with van der Waals surface area (Å²) in [5.41, 5.74) is 1.11. The maximum absolute atomic E-state index is 11.6. The highest BCUT2D eigenvalue weighted by Crippen LogP contribution is 2.13. The fourth-order valence-electron chi connectivity index (χ4n) is 1.57. The van der Waals surface area contributed by atoms with Gasteiger partial charge in [0.2, 0.25) is 0 Å². The van der Waals surface area contributed by atoms with Crippen LogP contribution in [0.5, 0.6) is 5.75 Å². The highest BCUT2D eigenvalue weighted by atomic mass is 16.7. The van der Waals surface area contributed by atoms with Crippen molar-refractivity contribution < 1.29 is 14.4 Å². The Labute approximate surface area is 94.7 Å². The highest BCUT2D eigenvalue weighted by molar-refractivity contribution is 5.76. The zero-order valence-electron chi connectivity index (χ0n) is 9.31. The zero-order chi connectivity index (χ0) is 11.4. The number of ether oxygens (including phenoxy) is 1. The molecule has 0 aliphatic carbocycles. The van der Waals surface area contributed by atoms with Gasteiger partial charge in [-0.25, -0.2) is 5.06 Å². The first-order chi connectivity index (χ1) is 7.75. The molecule has 0 atom stereocenters. The zero-order valence-corrected chi connectivity index (χ0v) is 9.31. The van der Waals surface area contributed by atoms with Crippen molar-refractivity contribution in [1.82, 2.24) is 5.06 Å². The van der Waals surface area contributed by atoms with E-state index in [1.807, 2.05) is 31.2 Å². The van der Waals surface area contributed by atoms with E-state index in [9.17, 15) is 4.79 Å². The number of carbonyl (C=O) groups excluding carboxylic acids is 1. The predicted octanol–water partition coefficient (Wildman–Crippen LogP) is 1.54. The molecule has 0 bridgehead atoms. The molecule has 0 spiro atoms. The second kappa shape index (κ2) is 4.99. The molecule has 1 saturated heterocycles. The Hall–Kier alpha value is -1.55. The van der Waals surface area contributed by atoms with Crippen LogP contribution in [0.2, 0.25) is 0 Å². The molecule has 1 aliphatic rings. The summed E-state index contributed by atoms with van der Waals surface area (Å²) in [6.07, 6.45) is 0.899. The van der Waals surface area contributed by atoms with Gasteiger partial charge in [-0.2, -0.15) is 0 Å². The maximum Gasteiger partial charge on any atom is 0.283 e. The van der Waals surface area contributed by atoms with Gasteiger partial charge in [0.1, 0.15) is 5.75 Å². The van der Waals surface area contributed by atoms with E-state index >= 15 is 0 Å². The third kappa shape index (κ3) is 2.73. The van der Waals surface area contributed by atoms with Gasteiger partial charge in [-0.15, -0.1) is 0 Å². The van der Waals surface area contributed by atoms with Crippen LogP contribution in [0.3, 0.4) is 0 Å². The van der Waals surface area contributed by atoms with E-state index in [1.54, 1.807) is 0 Å². The van der Waals surface area contributed by atoms with Crippen LogP contribution in [0.4, 0.5) is 0 Å². The number of hydrogen-bond donors (Lipinski definition) is 0. The van der Waals surface area contributed by atoms with Crippen LogP contribution in [0, 0.1) is 6.92 Å². The topological polar surface area (TPSA) is 38.8 Å². The first-order valence-electron chi connectivity index (χ1n) is 5.38. The third-order valence-corrected chi connectivity index (χ3v) is 2.38. The molecule has 1 aromatic carbocycles. The SMILES string of the molecule is Cc1cccc(OCC(=O)N2CCCO2)c1. The summed E-state index contributed by atoms with van der Waals surface area (Å²) >= 11 is 0. The Morgan fingerprint density at radius 3 is 3.12 bits per heavy atom. The summed E-state index contributed by atoms with van der Waals surface area (Å²) in [7, 11) is 0. The van der Waals surface area contributed by atoms with Gasteiger partial charge in [0.05, 0.1) is 13.2 Å². The van der Waals surface area contributed by atoms with Crippen LogP contribution in [0.25, 0.3) is 0 Å². The highest BCUT2D eigenvalue weighted by Gasteiger charge is 2.19. The molecule has 1 fully saturated rings. The number of hydroxylamine groups is 2. The number of nitrogens with zero attached hydrogens (tertiary/aromatic N) is 1. The summed E-state index contributed by atoms with van der Waals surface area (Å²) in [5, 5.41) is 1.37. The van der Waals surface area contributed by atoms with Crippen LogP contribution >= 0.6 is 0 Å². The lowest BCUT2D eigenvalue weighted by molar-refractivity contribution is -0.170. The van der Waals surface area contributed by atoms with Crippen molar-refractivity contribution >= 4 is 5.91 Å². The summed E-state index contributed by atoms with van der Waals surface area (Å²) in [4.78, 5) is 16.7. The Bertz CT molecular complexity index is 372. The normalized spacial score (nSPS) is 15.2. The lowest BCUT2D eigenvalue weighted by atomic mass is 10.2. The molecule has 0 radical (unpaired) electrons. The fourth-order valence-corrected chi connectivity index (χ4v) is 1.57. The second-order valence-corrected chi connectivity index (χ2v) is 3.79. The molecule has 4 nitrogen and oxygen atoms in total. The van der Waals surface area contributed by atoms with Gasteiger partial charge in [0, 0.05) is 0 Å². The van der Waals surface area contributed by atoms with Crippen molar-refractivity contribution in [3.05, 3.63) is 29.8 Å². The van der Waals surface area contributed by atoms with Crippen LogP contribution in [0.1, 0.15) is 12.0 Å². The Morgan fingerprint density at radius 2 is 2.44 bits per heavy atom. The third-order valence-electron chi connectivity index (χ3n) is 2.38. The van der Waals surface area contributed by atoms with Crippen LogP contribution < -0.4 is 4.74 Å². The smallest absolute Gasteiger partial charge is 0.283 e. The van der Waals surface area contributed by atoms with Gasteiger partial charge in [-0.05, 0) is 31.0 Å². The van der Waals surface area contributed by atoms with Gasteiger partial charge in [0.15, 0.2) is 6.61 Å². The van der Waals surface area contributed by atoms with Gasteiger partial charge >= 0.3 is 0 Å². The molecule has 4 heteroatoms. The Balaban J connectivity index is 1.84. The van der Waals surface area contributed by atoms with Crippen molar-refractivity contribution in [1.29, 1.82) is 0 Å². The number of rotatable bonds is 3. The van der Waals surface area contributed by atoms with Crippen molar-refractivity contribution in [3.8, 4) is 5.75 Å². The second-order valence-electron chi connectivity index (χ2n) is 3.79. The molecule has 0 saturated carbocycles. The van der Waals surface area contributed by atoms with Gasteiger partial charge < -0.3 is 4.74 Å². The summed E-state index contributed by atoms with van der Waals surface area (Å²) in [6.45, 7) is 3.30. The van der Waals surface area contributed by atoms with E-state index in [-0.39, 0.29) is 12.5 Å². The van der Waals surface area contributed by atoms with E-state index in [4.69, 9.17) is 9.57 Å². The Morgan fingerprint density at radius 1 is 1.56 bits per heavy atom. The number of hydrogen-bond acceptors (Lipinski definition) is 3. The molecule has 0 unspecified atom stereocenters. The number of benzene rings is 1. The summed E-state index contributed by atoms with van der Waals surface area (Å²) in [5.74, 6) is 0.589. The van der Waals surface area contributed by atoms with Crippen molar-refractivity contribution in [2.75, 3.05) is 19.8 Å². The molecule has 86 valence electrons. The monoisotopic (exact) mass is 221 g/mol. The van der Waals surface area contributed by atoms with E-state index < -0.39 is 0 Å². The maximum atomic E-state index is 11.6. The minimum absolute atomic E-state index is 0.0312. The quantitative estimate of drug-likeness (QED) is 0.777. The standard InChI is InChI=1S/C12H15NO3/c1-10-4-2-5-11(8-10)15-9-12(14)13-6-3-7-16-13/h2,4-5,8H,3,6-7,9H2,1H3. The Kier molecular flexibility index (Phi) is 3.41. The van der Waals surface area contributed by atoms with E-state index in [0.29, 0.717) is 18.9 Å². The molecule has 2 rings (SSSR count). The molecule has 16 heavy (non-hydrogen) atoms. The molecule has 0 aromatic heterocycles. The van der Waals surface area contributed by atoms with Gasteiger partial charge in [-0.1, -0.05) is 12.1 Å². The lowest BCUT2D eigenvalue weighted by Crippen LogP contribution is -2.31. The minimum atomic E-state index is -0.126. The van der Waals surface area contributed by atoms with E-state index in [1.165, 1.54) is 5.06 Å². The minimum Gasteiger partial charge on any atom is -0.484 e. The number of aryl methyl sites for hydroxylation is 1. The number of carbonyl (C=O) groups is 1. The molecule has 0 N–H and O–H groups in total. The van der Waals surface area contributed by atoms with Crippen molar-refractivity contribution in [2.24, 2.45) is 0 Å². The van der Waals surface area contributed by atoms with Crippen LogP contribution in [0.15, 0.2) is 24.3 Å². The van der Waals surface area contributed by atoms with Crippen molar-refractivity contribution in [3.63, 3.8) is 0 Å². The molecule has 1 heterocycles. The average molecular weight is 221 g/mol. The molecular formula is C12H15NO3. The molecule has 1 amide bonds. The predicted molar refractivity (Wildman–Crippen MR) is 59.0 cm³/mol. The summed E-state index contributed by atoms with van der Waals surface area (Å²) in [6, 6.07) is 7.63. The fraction of sp³-hybridized carbons (Fsp3) is 0.417. The van der Waals surface area contributed by atoms with Crippen LogP contribution in [-0.4, -0.2) is 30.7 Å². The van der Waals surface area contributed by atoms with Gasteiger partial charge in [0.25, 0.3) is 5.91 Å². The first-order valence-corrected chi connectivity index (χ1v) is 5.38. The average Bonchev–Trinajstić information content (AvgIpc) is 2.79. The number of amides is 1. The van der Waals surface area contributed by atoms with Gasteiger partial charge in [-0.3, -0.25) is 9.63 Å². The molecule has 1 aliphatic heterocycles. The van der Waals surface area contributed by atoms with E-state index in [0.717, 1.165) is 12.0 Å². The summed E-state index contributed by atoms with van der Waals surface area (Å²) < 4.78 is 5.39. The first kappa shape index (κ1) is 11.0. The van der Waals surface area contributed by atoms with Crippen molar-refractivity contribution in [2.45, 2.75) is 13.3 Å².